The number of fused-ring (bicyclic) bond motifs is 5. The first-order valence-electron chi connectivity index (χ1n) is 10.7. The van der Waals surface area contributed by atoms with Gasteiger partial charge in [-0.15, -0.1) is 16.4 Å². The van der Waals surface area contributed by atoms with Gasteiger partial charge in [0, 0.05) is 10.9 Å². The van der Waals surface area contributed by atoms with Crippen molar-refractivity contribution >= 4 is 38.8 Å². The van der Waals surface area contributed by atoms with Gasteiger partial charge in [0.1, 0.15) is 29.3 Å². The minimum atomic E-state index is -0.893. The molecule has 0 aliphatic heterocycles. The fraction of sp³-hybridized carbons (Fsp3) is 0.391. The van der Waals surface area contributed by atoms with Gasteiger partial charge in [-0.05, 0) is 48.3 Å². The molecule has 0 radical (unpaired) electrons. The zero-order valence-corrected chi connectivity index (χ0v) is 19.3. The molecule has 5 rings (SSSR count). The number of carbonyl (C=O) groups is 1. The molecule has 4 aromatic rings. The Morgan fingerprint density at radius 1 is 1.30 bits per heavy atom. The topological polar surface area (TPSA) is 81.3 Å². The molecule has 3 aromatic heterocycles. The molecular weight excluding hydrogens is 448 g/mol. The first-order chi connectivity index (χ1) is 15.6. The molecule has 1 aromatic carbocycles. The summed E-state index contributed by atoms with van der Waals surface area (Å²) in [5.74, 6) is -1.71. The number of carbonyl (C=O) groups excluding carboxylic acids is 1. The zero-order valence-electron chi connectivity index (χ0n) is 18.5. The van der Waals surface area contributed by atoms with E-state index in [1.165, 1.54) is 21.2 Å². The highest BCUT2D eigenvalue weighted by Crippen LogP contribution is 2.43. The Hall–Kier alpha value is -3.14. The number of hydrogen-bond donors (Lipinski definition) is 1. The molecule has 1 atom stereocenters. The number of halogens is 2. The van der Waals surface area contributed by atoms with Gasteiger partial charge < -0.3 is 5.32 Å². The Kier molecular flexibility index (Phi) is 5.08. The number of amides is 1. The van der Waals surface area contributed by atoms with Gasteiger partial charge in [-0.25, -0.2) is 27.6 Å². The summed E-state index contributed by atoms with van der Waals surface area (Å²) in [5.41, 5.74) is 1.20. The van der Waals surface area contributed by atoms with Gasteiger partial charge in [0.25, 0.3) is 0 Å². The first-order valence-corrected chi connectivity index (χ1v) is 11.6. The predicted molar refractivity (Wildman–Crippen MR) is 123 cm³/mol. The number of aryl methyl sites for hydroxylation is 1. The van der Waals surface area contributed by atoms with Crippen molar-refractivity contribution in [2.75, 3.05) is 5.32 Å². The maximum atomic E-state index is 13.8. The molecule has 0 fully saturated rings. The van der Waals surface area contributed by atoms with E-state index in [0.29, 0.717) is 17.6 Å². The second-order valence-corrected chi connectivity index (χ2v) is 10.6. The SMILES string of the molecule is CC(C)(C)[C@@H]1CCc2c(sc3ncn4c(=O)n(CC(=O)Nc5ccc(F)cc5F)nc4c23)C1. The highest BCUT2D eigenvalue weighted by molar-refractivity contribution is 7.19. The summed E-state index contributed by atoms with van der Waals surface area (Å²) in [5, 5.41) is 7.65. The van der Waals surface area contributed by atoms with Crippen molar-refractivity contribution in [3.05, 3.63) is 57.1 Å². The summed E-state index contributed by atoms with van der Waals surface area (Å²) in [4.78, 5) is 31.9. The van der Waals surface area contributed by atoms with E-state index in [9.17, 15) is 18.4 Å². The van der Waals surface area contributed by atoms with E-state index < -0.39 is 29.8 Å². The van der Waals surface area contributed by atoms with Crippen molar-refractivity contribution in [3.63, 3.8) is 0 Å². The van der Waals surface area contributed by atoms with Crippen LogP contribution in [0.3, 0.4) is 0 Å². The molecule has 1 aliphatic rings. The summed E-state index contributed by atoms with van der Waals surface area (Å²) in [6.45, 7) is 6.38. The zero-order chi connectivity index (χ0) is 23.5. The smallest absolute Gasteiger partial charge is 0.322 e. The molecule has 3 heterocycles. The van der Waals surface area contributed by atoms with E-state index >= 15 is 0 Å². The van der Waals surface area contributed by atoms with Gasteiger partial charge in [0.2, 0.25) is 5.91 Å². The van der Waals surface area contributed by atoms with Gasteiger partial charge in [-0.1, -0.05) is 20.8 Å². The lowest BCUT2D eigenvalue weighted by Gasteiger charge is -2.33. The molecule has 0 saturated heterocycles. The van der Waals surface area contributed by atoms with E-state index in [1.54, 1.807) is 11.3 Å². The van der Waals surface area contributed by atoms with E-state index in [1.807, 2.05) is 0 Å². The maximum absolute atomic E-state index is 13.8. The molecule has 0 saturated carbocycles. The van der Waals surface area contributed by atoms with Gasteiger partial charge in [-0.2, -0.15) is 0 Å². The number of hydrogen-bond acceptors (Lipinski definition) is 5. The first kappa shape index (κ1) is 21.7. The van der Waals surface area contributed by atoms with Crippen LogP contribution < -0.4 is 11.0 Å². The number of aromatic nitrogens is 4. The van der Waals surface area contributed by atoms with Crippen LogP contribution in [-0.4, -0.2) is 25.1 Å². The van der Waals surface area contributed by atoms with Crippen LogP contribution in [0.25, 0.3) is 15.9 Å². The van der Waals surface area contributed by atoms with Crippen molar-refractivity contribution in [2.45, 2.75) is 46.6 Å². The molecule has 1 aliphatic carbocycles. The van der Waals surface area contributed by atoms with E-state index in [4.69, 9.17) is 0 Å². The summed E-state index contributed by atoms with van der Waals surface area (Å²) in [6.07, 6.45) is 4.36. The number of nitrogens with zero attached hydrogens (tertiary/aromatic N) is 4. The van der Waals surface area contributed by atoms with Crippen molar-refractivity contribution in [1.29, 1.82) is 0 Å². The predicted octanol–water partition coefficient (Wildman–Crippen LogP) is 4.17. The van der Waals surface area contributed by atoms with Gasteiger partial charge >= 0.3 is 5.69 Å². The Morgan fingerprint density at radius 3 is 2.82 bits per heavy atom. The summed E-state index contributed by atoms with van der Waals surface area (Å²) in [7, 11) is 0. The molecule has 0 bridgehead atoms. The number of rotatable bonds is 3. The van der Waals surface area contributed by atoms with Crippen molar-refractivity contribution < 1.29 is 13.6 Å². The third-order valence-corrected chi connectivity index (χ3v) is 7.52. The van der Waals surface area contributed by atoms with Crippen molar-refractivity contribution in [3.8, 4) is 0 Å². The third kappa shape index (κ3) is 3.82. The molecule has 172 valence electrons. The molecule has 0 spiro atoms. The molecular formula is C23H23F2N5O2S. The number of anilines is 1. The Labute approximate surface area is 192 Å². The quantitative estimate of drug-likeness (QED) is 0.486. The highest BCUT2D eigenvalue weighted by Gasteiger charge is 2.32. The Morgan fingerprint density at radius 2 is 2.09 bits per heavy atom. The Bertz CT molecular complexity index is 1460. The highest BCUT2D eigenvalue weighted by atomic mass is 32.1. The number of thiophene rings is 1. The van der Waals surface area contributed by atoms with Gasteiger partial charge in [0.05, 0.1) is 11.1 Å². The fourth-order valence-corrected chi connectivity index (χ4v) is 5.72. The molecule has 7 nitrogen and oxygen atoms in total. The number of benzene rings is 1. The lowest BCUT2D eigenvalue weighted by molar-refractivity contribution is -0.117. The van der Waals surface area contributed by atoms with Crippen LogP contribution in [-0.2, 0) is 24.2 Å². The standard InChI is InChI=1S/C23H23F2N5O2S/c1-23(2,3)12-4-6-14-17(8-12)33-21-19(14)20-28-30(22(32)29(20)11-26-21)10-18(31)27-16-7-5-13(24)9-15(16)25/h5,7,9,11-12H,4,6,8,10H2,1-3H3,(H,27,31)/t12-/m1/s1. The van der Waals surface area contributed by atoms with Crippen LogP contribution in [0.1, 0.15) is 37.6 Å². The maximum Gasteiger partial charge on any atom is 0.352 e. The average molecular weight is 472 g/mol. The lowest BCUT2D eigenvalue weighted by atomic mass is 9.72. The minimum absolute atomic E-state index is 0.164. The third-order valence-electron chi connectivity index (χ3n) is 6.35. The second kappa shape index (κ2) is 7.72. The van der Waals surface area contributed by atoms with E-state index in [-0.39, 0.29) is 11.1 Å². The largest absolute Gasteiger partial charge is 0.352 e. The normalized spacial score (nSPS) is 16.3. The van der Waals surface area contributed by atoms with Crippen LogP contribution >= 0.6 is 11.3 Å². The van der Waals surface area contributed by atoms with E-state index in [2.05, 4.69) is 36.2 Å². The van der Waals surface area contributed by atoms with Crippen LogP contribution in [0, 0.1) is 23.0 Å². The second-order valence-electron chi connectivity index (χ2n) is 9.54. The van der Waals surface area contributed by atoms with E-state index in [0.717, 1.165) is 46.3 Å². The van der Waals surface area contributed by atoms with Crippen molar-refractivity contribution in [2.24, 2.45) is 11.3 Å². The fourth-order valence-electron chi connectivity index (χ4n) is 4.46. The molecule has 0 unspecified atom stereocenters. The molecule has 1 N–H and O–H groups in total. The molecule has 1 amide bonds. The number of nitrogens with one attached hydrogen (secondary N) is 1. The van der Waals surface area contributed by atoms with Gasteiger partial charge in [-0.3, -0.25) is 4.79 Å². The monoisotopic (exact) mass is 471 g/mol. The summed E-state index contributed by atoms with van der Waals surface area (Å²) in [6, 6.07) is 2.85. The van der Waals surface area contributed by atoms with Gasteiger partial charge in [0.15, 0.2) is 5.65 Å². The van der Waals surface area contributed by atoms with Crippen LogP contribution in [0.5, 0.6) is 0 Å². The Balaban J connectivity index is 1.48. The van der Waals surface area contributed by atoms with Crippen LogP contribution in [0.4, 0.5) is 14.5 Å². The van der Waals surface area contributed by atoms with Crippen LogP contribution in [0.15, 0.2) is 29.3 Å². The molecule has 10 heteroatoms. The van der Waals surface area contributed by atoms with Crippen molar-refractivity contribution in [1.82, 2.24) is 19.2 Å². The summed E-state index contributed by atoms with van der Waals surface area (Å²) >= 11 is 1.64. The lowest BCUT2D eigenvalue weighted by Crippen LogP contribution is -2.28. The molecule has 33 heavy (non-hydrogen) atoms. The average Bonchev–Trinajstić information content (AvgIpc) is 3.26. The van der Waals surface area contributed by atoms with Crippen LogP contribution in [0.2, 0.25) is 0 Å². The summed E-state index contributed by atoms with van der Waals surface area (Å²) < 4.78 is 29.3. The minimum Gasteiger partial charge on any atom is -0.322 e.